The summed E-state index contributed by atoms with van der Waals surface area (Å²) in [6.07, 6.45) is 7.64. The number of nitrogens with one attached hydrogen (secondary N) is 1. The van der Waals surface area contributed by atoms with Crippen molar-refractivity contribution in [2.75, 3.05) is 12.8 Å². The van der Waals surface area contributed by atoms with Crippen molar-refractivity contribution in [2.45, 2.75) is 70.6 Å². The van der Waals surface area contributed by atoms with Gasteiger partial charge in [-0.15, -0.1) is 0 Å². The molecule has 19 heavy (non-hydrogen) atoms. The lowest BCUT2D eigenvalue weighted by atomic mass is 9.78. The van der Waals surface area contributed by atoms with Crippen molar-refractivity contribution in [1.82, 2.24) is 5.32 Å². The molecule has 1 N–H and O–H groups in total. The molecular formula is C15H31NO2S. The summed E-state index contributed by atoms with van der Waals surface area (Å²) in [5, 5.41) is 3.56. The largest absolute Gasteiger partial charge is 0.313 e. The van der Waals surface area contributed by atoms with Gasteiger partial charge < -0.3 is 5.32 Å². The smallest absolute Gasteiger partial charge is 0.150 e. The van der Waals surface area contributed by atoms with Gasteiger partial charge in [0, 0.05) is 12.3 Å². The van der Waals surface area contributed by atoms with E-state index < -0.39 is 9.84 Å². The summed E-state index contributed by atoms with van der Waals surface area (Å²) in [5.74, 6) is 1.14. The summed E-state index contributed by atoms with van der Waals surface area (Å²) in [6.45, 7) is 7.73. The van der Waals surface area contributed by atoms with Crippen LogP contribution in [0, 0.1) is 11.8 Å². The topological polar surface area (TPSA) is 46.2 Å². The van der Waals surface area contributed by atoms with Crippen LogP contribution in [0.4, 0.5) is 0 Å². The molecule has 4 heteroatoms. The van der Waals surface area contributed by atoms with Gasteiger partial charge >= 0.3 is 0 Å². The van der Waals surface area contributed by atoms with Gasteiger partial charge in [-0.2, -0.15) is 0 Å². The third-order valence-electron chi connectivity index (χ3n) is 4.67. The maximum atomic E-state index is 11.8. The first kappa shape index (κ1) is 17.0. The SMILES string of the molecule is CCCNC(C(C)CC)C1CCCC(S(C)(=O)=O)C1. The van der Waals surface area contributed by atoms with Crippen molar-refractivity contribution in [2.24, 2.45) is 11.8 Å². The van der Waals surface area contributed by atoms with Gasteiger partial charge in [-0.1, -0.05) is 33.6 Å². The molecule has 0 aliphatic heterocycles. The number of rotatable bonds is 7. The third kappa shape index (κ3) is 5.07. The molecule has 114 valence electrons. The fraction of sp³-hybridized carbons (Fsp3) is 1.00. The zero-order valence-corrected chi connectivity index (χ0v) is 13.8. The van der Waals surface area contributed by atoms with Gasteiger partial charge in [0.2, 0.25) is 0 Å². The molecule has 3 nitrogen and oxygen atoms in total. The highest BCUT2D eigenvalue weighted by atomic mass is 32.2. The van der Waals surface area contributed by atoms with Crippen LogP contribution in [-0.4, -0.2) is 32.5 Å². The minimum atomic E-state index is -2.87. The number of sulfone groups is 1. The lowest BCUT2D eigenvalue weighted by molar-refractivity contribution is 0.212. The molecule has 0 spiro atoms. The second-order valence-corrected chi connectivity index (χ2v) is 8.57. The van der Waals surface area contributed by atoms with Gasteiger partial charge in [-0.25, -0.2) is 8.42 Å². The van der Waals surface area contributed by atoms with Crippen LogP contribution in [-0.2, 0) is 9.84 Å². The van der Waals surface area contributed by atoms with E-state index >= 15 is 0 Å². The monoisotopic (exact) mass is 289 g/mol. The highest BCUT2D eigenvalue weighted by Crippen LogP contribution is 2.33. The molecule has 4 atom stereocenters. The van der Waals surface area contributed by atoms with E-state index in [1.54, 1.807) is 0 Å². The van der Waals surface area contributed by atoms with E-state index in [1.165, 1.54) is 12.7 Å². The average molecular weight is 289 g/mol. The van der Waals surface area contributed by atoms with E-state index in [1.807, 2.05) is 0 Å². The summed E-state index contributed by atoms with van der Waals surface area (Å²) in [6, 6.07) is 0.481. The Bertz CT molecular complexity index is 353. The van der Waals surface area contributed by atoms with Crippen molar-refractivity contribution in [3.05, 3.63) is 0 Å². The molecule has 0 aromatic carbocycles. The predicted molar refractivity (Wildman–Crippen MR) is 82.1 cm³/mol. The van der Waals surface area contributed by atoms with Crippen LogP contribution >= 0.6 is 0 Å². The van der Waals surface area contributed by atoms with E-state index in [2.05, 4.69) is 26.1 Å². The summed E-state index contributed by atoms with van der Waals surface area (Å²) < 4.78 is 23.6. The van der Waals surface area contributed by atoms with Crippen LogP contribution in [0.15, 0.2) is 0 Å². The van der Waals surface area contributed by atoms with E-state index in [4.69, 9.17) is 0 Å². The van der Waals surface area contributed by atoms with Crippen LogP contribution in [0.3, 0.4) is 0 Å². The Morgan fingerprint density at radius 2 is 1.95 bits per heavy atom. The molecule has 0 heterocycles. The second-order valence-electron chi connectivity index (χ2n) is 6.24. The first-order chi connectivity index (χ1) is 8.90. The van der Waals surface area contributed by atoms with Crippen molar-refractivity contribution >= 4 is 9.84 Å². The van der Waals surface area contributed by atoms with Gasteiger partial charge in [0.05, 0.1) is 5.25 Å². The molecule has 4 unspecified atom stereocenters. The summed E-state index contributed by atoms with van der Waals surface area (Å²) in [7, 11) is -2.87. The van der Waals surface area contributed by atoms with Gasteiger partial charge in [0.25, 0.3) is 0 Å². The number of hydrogen-bond donors (Lipinski definition) is 1. The molecule has 0 saturated heterocycles. The quantitative estimate of drug-likeness (QED) is 0.783. The molecule has 1 fully saturated rings. The molecule has 1 aliphatic carbocycles. The molecule has 1 aliphatic rings. The molecule has 0 radical (unpaired) electrons. The average Bonchev–Trinajstić information content (AvgIpc) is 2.38. The van der Waals surface area contributed by atoms with Crippen molar-refractivity contribution in [3.8, 4) is 0 Å². The van der Waals surface area contributed by atoms with E-state index in [9.17, 15) is 8.42 Å². The van der Waals surface area contributed by atoms with E-state index in [0.717, 1.165) is 38.6 Å². The summed E-state index contributed by atoms with van der Waals surface area (Å²) >= 11 is 0. The molecule has 0 amide bonds. The first-order valence-electron chi connectivity index (χ1n) is 7.82. The Labute approximate surface area is 119 Å². The van der Waals surface area contributed by atoms with Gasteiger partial charge in [-0.3, -0.25) is 0 Å². The van der Waals surface area contributed by atoms with Crippen molar-refractivity contribution in [1.29, 1.82) is 0 Å². The van der Waals surface area contributed by atoms with Crippen LogP contribution in [0.25, 0.3) is 0 Å². The lowest BCUT2D eigenvalue weighted by Crippen LogP contribution is -2.45. The molecule has 0 aromatic rings. The molecular weight excluding hydrogens is 258 g/mol. The Kier molecular flexibility index (Phi) is 6.81. The fourth-order valence-corrected chi connectivity index (χ4v) is 4.49. The molecule has 1 rings (SSSR count). The van der Waals surface area contributed by atoms with Crippen LogP contribution in [0.5, 0.6) is 0 Å². The summed E-state index contributed by atoms with van der Waals surface area (Å²) in [5.41, 5.74) is 0. The Balaban J connectivity index is 2.72. The van der Waals surface area contributed by atoms with Gasteiger partial charge in [0.15, 0.2) is 0 Å². The highest BCUT2D eigenvalue weighted by Gasteiger charge is 2.34. The minimum absolute atomic E-state index is 0.110. The van der Waals surface area contributed by atoms with E-state index in [-0.39, 0.29) is 5.25 Å². The molecule has 0 bridgehead atoms. The second kappa shape index (κ2) is 7.63. The minimum Gasteiger partial charge on any atom is -0.313 e. The standard InChI is InChI=1S/C15H31NO2S/c1-5-10-16-15(12(3)6-2)13-8-7-9-14(11-13)19(4,17)18/h12-16H,5-11H2,1-4H3. The normalized spacial score (nSPS) is 28.0. The van der Waals surface area contributed by atoms with Crippen LogP contribution in [0.1, 0.15) is 59.3 Å². The Morgan fingerprint density at radius 3 is 2.47 bits per heavy atom. The summed E-state index contributed by atoms with van der Waals surface area (Å²) in [4.78, 5) is 0. The zero-order chi connectivity index (χ0) is 14.5. The zero-order valence-electron chi connectivity index (χ0n) is 13.0. The Morgan fingerprint density at radius 1 is 1.26 bits per heavy atom. The maximum absolute atomic E-state index is 11.8. The fourth-order valence-electron chi connectivity index (χ4n) is 3.29. The van der Waals surface area contributed by atoms with Gasteiger partial charge in [-0.05, 0) is 44.1 Å². The van der Waals surface area contributed by atoms with Crippen LogP contribution in [0.2, 0.25) is 0 Å². The highest BCUT2D eigenvalue weighted by molar-refractivity contribution is 7.91. The Hall–Kier alpha value is -0.0900. The van der Waals surface area contributed by atoms with Crippen molar-refractivity contribution in [3.63, 3.8) is 0 Å². The lowest BCUT2D eigenvalue weighted by Gasteiger charge is -2.37. The third-order valence-corrected chi connectivity index (χ3v) is 6.31. The van der Waals surface area contributed by atoms with Crippen LogP contribution < -0.4 is 5.32 Å². The van der Waals surface area contributed by atoms with Crippen molar-refractivity contribution < 1.29 is 8.42 Å². The molecule has 1 saturated carbocycles. The molecule has 0 aromatic heterocycles. The first-order valence-corrected chi connectivity index (χ1v) is 9.77. The predicted octanol–water partition coefficient (Wildman–Crippen LogP) is 3.00. The van der Waals surface area contributed by atoms with Gasteiger partial charge in [0.1, 0.15) is 9.84 Å². The number of hydrogen-bond acceptors (Lipinski definition) is 3. The maximum Gasteiger partial charge on any atom is 0.150 e. The van der Waals surface area contributed by atoms with E-state index in [0.29, 0.717) is 17.9 Å².